The molecule has 1 amide bonds. The number of rotatable bonds is 3. The number of nitrogens with one attached hydrogen (secondary N) is 1. The molecule has 0 aromatic heterocycles. The molecule has 0 heterocycles. The van der Waals surface area contributed by atoms with E-state index in [0.29, 0.717) is 11.4 Å². The van der Waals surface area contributed by atoms with Gasteiger partial charge in [0.2, 0.25) is 5.91 Å². The van der Waals surface area contributed by atoms with Crippen molar-refractivity contribution in [3.05, 3.63) is 28.8 Å². The van der Waals surface area contributed by atoms with E-state index in [1.165, 1.54) is 12.1 Å². The van der Waals surface area contributed by atoms with Gasteiger partial charge in [-0.1, -0.05) is 18.0 Å². The molecule has 6 heteroatoms. The highest BCUT2D eigenvalue weighted by atomic mass is 35.5. The highest BCUT2D eigenvalue weighted by Gasteiger charge is 2.26. The third-order valence-corrected chi connectivity index (χ3v) is 3.79. The predicted octanol–water partition coefficient (Wildman–Crippen LogP) is 2.49. The number of carbonyl (C=O) groups is 2. The first-order valence-electron chi connectivity index (χ1n) is 6.56. The van der Waals surface area contributed by atoms with Crippen LogP contribution in [-0.4, -0.2) is 23.0 Å². The van der Waals surface area contributed by atoms with Gasteiger partial charge in [0.25, 0.3) is 0 Å². The maximum Gasteiger partial charge on any atom is 0.337 e. The Bertz CT molecular complexity index is 533. The van der Waals surface area contributed by atoms with Gasteiger partial charge in [0.05, 0.1) is 11.3 Å². The summed E-state index contributed by atoms with van der Waals surface area (Å²) in [5.41, 5.74) is 6.12. The number of halogens is 1. The van der Waals surface area contributed by atoms with E-state index in [2.05, 4.69) is 5.32 Å². The minimum absolute atomic E-state index is 0.00837. The van der Waals surface area contributed by atoms with Crippen molar-refractivity contribution in [2.45, 2.75) is 31.7 Å². The summed E-state index contributed by atoms with van der Waals surface area (Å²) in [6.07, 6.45) is 3.29. The Balaban J connectivity index is 2.13. The molecule has 2 atom stereocenters. The number of benzene rings is 1. The number of amides is 1. The van der Waals surface area contributed by atoms with Gasteiger partial charge >= 0.3 is 5.97 Å². The fourth-order valence-electron chi connectivity index (χ4n) is 2.50. The van der Waals surface area contributed by atoms with E-state index in [4.69, 9.17) is 22.4 Å². The SMILES string of the molecule is NC1CCCC(C(=O)Nc2ccc(Cl)cc2C(=O)O)C1. The Hall–Kier alpha value is -1.59. The zero-order valence-electron chi connectivity index (χ0n) is 10.9. The normalized spacial score (nSPS) is 22.3. The largest absolute Gasteiger partial charge is 0.478 e. The average Bonchev–Trinajstić information content (AvgIpc) is 2.40. The maximum absolute atomic E-state index is 12.2. The van der Waals surface area contributed by atoms with Crippen LogP contribution in [0.5, 0.6) is 0 Å². The molecule has 1 saturated carbocycles. The van der Waals surface area contributed by atoms with Gasteiger partial charge in [0.15, 0.2) is 0 Å². The number of carboxylic acids is 1. The number of hydrogen-bond acceptors (Lipinski definition) is 3. The maximum atomic E-state index is 12.2. The van der Waals surface area contributed by atoms with Crippen LogP contribution < -0.4 is 11.1 Å². The summed E-state index contributed by atoms with van der Waals surface area (Å²) in [4.78, 5) is 23.3. The second-order valence-corrected chi connectivity index (χ2v) is 5.54. The van der Waals surface area contributed by atoms with Gasteiger partial charge in [0, 0.05) is 17.0 Å². The first-order chi connectivity index (χ1) is 9.47. The van der Waals surface area contributed by atoms with Crippen molar-refractivity contribution >= 4 is 29.2 Å². The summed E-state index contributed by atoms with van der Waals surface area (Å²) in [7, 11) is 0. The Morgan fingerprint density at radius 1 is 1.35 bits per heavy atom. The van der Waals surface area contributed by atoms with Gasteiger partial charge in [-0.05, 0) is 37.5 Å². The first-order valence-corrected chi connectivity index (χ1v) is 6.94. The van der Waals surface area contributed by atoms with E-state index in [0.717, 1.165) is 19.3 Å². The van der Waals surface area contributed by atoms with Crippen molar-refractivity contribution < 1.29 is 14.7 Å². The quantitative estimate of drug-likeness (QED) is 0.799. The molecule has 20 heavy (non-hydrogen) atoms. The summed E-state index contributed by atoms with van der Waals surface area (Å²) in [5, 5.41) is 12.1. The van der Waals surface area contributed by atoms with Crippen LogP contribution in [0.1, 0.15) is 36.0 Å². The molecule has 1 aromatic rings. The molecule has 5 nitrogen and oxygen atoms in total. The van der Waals surface area contributed by atoms with Crippen LogP contribution in [0.2, 0.25) is 5.02 Å². The van der Waals surface area contributed by atoms with Crippen molar-refractivity contribution in [2.75, 3.05) is 5.32 Å². The summed E-state index contributed by atoms with van der Waals surface area (Å²) in [6.45, 7) is 0. The van der Waals surface area contributed by atoms with Crippen LogP contribution >= 0.6 is 11.6 Å². The average molecular weight is 297 g/mol. The molecular weight excluding hydrogens is 280 g/mol. The monoisotopic (exact) mass is 296 g/mol. The Kier molecular flexibility index (Phi) is 4.62. The van der Waals surface area contributed by atoms with E-state index < -0.39 is 5.97 Å². The number of aromatic carboxylic acids is 1. The Morgan fingerprint density at radius 3 is 2.75 bits per heavy atom. The van der Waals surface area contributed by atoms with Crippen LogP contribution in [0.3, 0.4) is 0 Å². The number of carboxylic acid groups (broad SMARTS) is 1. The van der Waals surface area contributed by atoms with Crippen LogP contribution in [0.15, 0.2) is 18.2 Å². The minimum Gasteiger partial charge on any atom is -0.478 e. The second-order valence-electron chi connectivity index (χ2n) is 5.11. The third-order valence-electron chi connectivity index (χ3n) is 3.56. The number of anilines is 1. The second kappa shape index (κ2) is 6.24. The number of hydrogen-bond donors (Lipinski definition) is 3. The van der Waals surface area contributed by atoms with Crippen molar-refractivity contribution in [3.63, 3.8) is 0 Å². The smallest absolute Gasteiger partial charge is 0.337 e. The topological polar surface area (TPSA) is 92.4 Å². The van der Waals surface area contributed by atoms with E-state index in [1.54, 1.807) is 6.07 Å². The number of nitrogens with two attached hydrogens (primary N) is 1. The lowest BCUT2D eigenvalue weighted by atomic mass is 9.85. The lowest BCUT2D eigenvalue weighted by molar-refractivity contribution is -0.120. The fraction of sp³-hybridized carbons (Fsp3) is 0.429. The van der Waals surface area contributed by atoms with Crippen LogP contribution in [0, 0.1) is 5.92 Å². The molecule has 1 aliphatic rings. The molecule has 0 saturated heterocycles. The molecule has 1 aliphatic carbocycles. The minimum atomic E-state index is -1.12. The molecule has 1 fully saturated rings. The zero-order chi connectivity index (χ0) is 14.7. The summed E-state index contributed by atoms with van der Waals surface area (Å²) in [6, 6.07) is 4.43. The molecule has 2 rings (SSSR count). The summed E-state index contributed by atoms with van der Waals surface area (Å²) in [5.74, 6) is -1.45. The predicted molar refractivity (Wildman–Crippen MR) is 77.0 cm³/mol. The highest BCUT2D eigenvalue weighted by Crippen LogP contribution is 2.26. The molecular formula is C14H17ClN2O3. The molecule has 0 spiro atoms. The molecule has 0 radical (unpaired) electrons. The van der Waals surface area contributed by atoms with Gasteiger partial charge in [-0.15, -0.1) is 0 Å². The third kappa shape index (κ3) is 3.49. The fourth-order valence-corrected chi connectivity index (χ4v) is 2.68. The number of carbonyl (C=O) groups excluding carboxylic acids is 1. The molecule has 108 valence electrons. The standard InChI is InChI=1S/C14H17ClN2O3/c15-9-4-5-12(11(7-9)14(19)20)17-13(18)8-2-1-3-10(16)6-8/h4-5,7-8,10H,1-3,6,16H2,(H,17,18)(H,19,20). The molecule has 2 unspecified atom stereocenters. The molecule has 4 N–H and O–H groups in total. The summed E-state index contributed by atoms with van der Waals surface area (Å²) < 4.78 is 0. The Morgan fingerprint density at radius 2 is 2.10 bits per heavy atom. The zero-order valence-corrected chi connectivity index (χ0v) is 11.7. The summed E-state index contributed by atoms with van der Waals surface area (Å²) >= 11 is 5.77. The van der Waals surface area contributed by atoms with Crippen LogP contribution in [-0.2, 0) is 4.79 Å². The van der Waals surface area contributed by atoms with Crippen LogP contribution in [0.4, 0.5) is 5.69 Å². The highest BCUT2D eigenvalue weighted by molar-refractivity contribution is 6.31. The Labute approximate surface area is 122 Å². The van der Waals surface area contributed by atoms with Gasteiger partial charge in [-0.2, -0.15) is 0 Å². The van der Waals surface area contributed by atoms with E-state index in [9.17, 15) is 9.59 Å². The van der Waals surface area contributed by atoms with E-state index in [-0.39, 0.29) is 29.1 Å². The lowest BCUT2D eigenvalue weighted by Gasteiger charge is -2.25. The van der Waals surface area contributed by atoms with Crippen molar-refractivity contribution in [2.24, 2.45) is 11.7 Å². The molecule has 1 aromatic carbocycles. The molecule has 0 bridgehead atoms. The van der Waals surface area contributed by atoms with Gasteiger partial charge in [-0.3, -0.25) is 4.79 Å². The van der Waals surface area contributed by atoms with E-state index >= 15 is 0 Å². The van der Waals surface area contributed by atoms with E-state index in [1.807, 2.05) is 0 Å². The lowest BCUT2D eigenvalue weighted by Crippen LogP contribution is -2.34. The van der Waals surface area contributed by atoms with Gasteiger partial charge in [0.1, 0.15) is 0 Å². The molecule has 0 aliphatic heterocycles. The van der Waals surface area contributed by atoms with Gasteiger partial charge < -0.3 is 16.2 Å². The van der Waals surface area contributed by atoms with Crippen LogP contribution in [0.25, 0.3) is 0 Å². The first kappa shape index (κ1) is 14.8. The van der Waals surface area contributed by atoms with Crippen molar-refractivity contribution in [3.8, 4) is 0 Å². The van der Waals surface area contributed by atoms with Gasteiger partial charge in [-0.25, -0.2) is 4.79 Å². The van der Waals surface area contributed by atoms with Crippen molar-refractivity contribution in [1.82, 2.24) is 0 Å². The van der Waals surface area contributed by atoms with Crippen molar-refractivity contribution in [1.29, 1.82) is 0 Å².